The van der Waals surface area contributed by atoms with Gasteiger partial charge in [-0.15, -0.1) is 0 Å². The summed E-state index contributed by atoms with van der Waals surface area (Å²) in [6.07, 6.45) is 3.22. The van der Waals surface area contributed by atoms with E-state index in [1.807, 2.05) is 0 Å². The van der Waals surface area contributed by atoms with Gasteiger partial charge in [0.2, 0.25) is 15.8 Å². The number of ketones is 1. The number of sulfonamides is 1. The minimum Gasteiger partial charge on any atom is -0.377 e. The summed E-state index contributed by atoms with van der Waals surface area (Å²) < 4.78 is 60.6. The minimum atomic E-state index is -3.82. The molecular formula is C20H20F2N4O4S. The first kappa shape index (κ1) is 21.2. The van der Waals surface area contributed by atoms with Crippen molar-refractivity contribution in [1.29, 1.82) is 0 Å². The van der Waals surface area contributed by atoms with Crippen molar-refractivity contribution >= 4 is 38.2 Å². The van der Waals surface area contributed by atoms with Gasteiger partial charge in [0.15, 0.2) is 5.82 Å². The number of carbonyl (C=O) groups is 1. The molecule has 1 fully saturated rings. The van der Waals surface area contributed by atoms with E-state index in [-0.39, 0.29) is 17.4 Å². The van der Waals surface area contributed by atoms with E-state index in [2.05, 4.69) is 20.0 Å². The molecule has 0 atom stereocenters. The van der Waals surface area contributed by atoms with E-state index >= 15 is 4.39 Å². The molecule has 3 aromatic rings. The maximum absolute atomic E-state index is 15.0. The lowest BCUT2D eigenvalue weighted by Gasteiger charge is -2.27. The SMILES string of the molecule is CCCS(=O)(=O)Nc1ccc(F)c(C(=O)c2c[nH]c3ncc(NC4COC4)cc23)c1F. The summed E-state index contributed by atoms with van der Waals surface area (Å²) in [6, 6.07) is 3.60. The Bertz CT molecular complexity index is 1260. The molecule has 2 aromatic heterocycles. The van der Waals surface area contributed by atoms with Crippen LogP contribution in [-0.2, 0) is 14.8 Å². The standard InChI is InChI=1S/C20H20F2N4O4S/c1-2-5-31(28,29)26-16-4-3-15(21)17(18(16)22)19(27)14-8-24-20-13(14)6-11(7-23-20)25-12-9-30-10-12/h3-4,6-8,12,25-26H,2,5,9-10H2,1H3,(H,23,24). The van der Waals surface area contributed by atoms with E-state index < -0.39 is 38.7 Å². The first-order valence-corrected chi connectivity index (χ1v) is 11.3. The molecule has 0 spiro atoms. The van der Waals surface area contributed by atoms with Crippen molar-refractivity contribution in [1.82, 2.24) is 9.97 Å². The number of H-pyrrole nitrogens is 1. The summed E-state index contributed by atoms with van der Waals surface area (Å²) in [5.74, 6) is -3.52. The molecule has 1 saturated heterocycles. The van der Waals surface area contributed by atoms with Crippen molar-refractivity contribution in [2.24, 2.45) is 0 Å². The van der Waals surface area contributed by atoms with Crippen LogP contribution in [0.5, 0.6) is 0 Å². The van der Waals surface area contributed by atoms with Crippen molar-refractivity contribution in [3.05, 3.63) is 53.4 Å². The Kier molecular flexibility index (Phi) is 5.63. The molecule has 0 amide bonds. The average molecular weight is 450 g/mol. The van der Waals surface area contributed by atoms with E-state index in [0.717, 1.165) is 12.1 Å². The molecule has 0 unspecified atom stereocenters. The number of halogens is 2. The highest BCUT2D eigenvalue weighted by Gasteiger charge is 2.26. The van der Waals surface area contributed by atoms with Gasteiger partial charge in [0.25, 0.3) is 0 Å². The summed E-state index contributed by atoms with van der Waals surface area (Å²) in [5.41, 5.74) is -0.301. The van der Waals surface area contributed by atoms with E-state index in [4.69, 9.17) is 4.74 Å². The van der Waals surface area contributed by atoms with Gasteiger partial charge in [0.05, 0.1) is 48.1 Å². The van der Waals surface area contributed by atoms with Crippen LogP contribution in [0, 0.1) is 11.6 Å². The van der Waals surface area contributed by atoms with Crippen molar-refractivity contribution < 1.29 is 26.7 Å². The molecule has 8 nitrogen and oxygen atoms in total. The topological polar surface area (TPSA) is 113 Å². The number of rotatable bonds is 8. The zero-order chi connectivity index (χ0) is 22.2. The zero-order valence-electron chi connectivity index (χ0n) is 16.5. The Morgan fingerprint density at radius 1 is 1.32 bits per heavy atom. The van der Waals surface area contributed by atoms with Crippen LogP contribution < -0.4 is 10.0 Å². The fourth-order valence-corrected chi connectivity index (χ4v) is 4.42. The van der Waals surface area contributed by atoms with E-state index in [0.29, 0.717) is 36.4 Å². The third-order valence-corrected chi connectivity index (χ3v) is 6.32. The van der Waals surface area contributed by atoms with Crippen molar-refractivity contribution in [2.45, 2.75) is 19.4 Å². The van der Waals surface area contributed by atoms with Crippen LogP contribution in [0.2, 0.25) is 0 Å². The average Bonchev–Trinajstić information content (AvgIpc) is 3.10. The van der Waals surface area contributed by atoms with Crippen LogP contribution in [0.25, 0.3) is 11.0 Å². The molecule has 1 aromatic carbocycles. The first-order chi connectivity index (χ1) is 14.8. The molecule has 31 heavy (non-hydrogen) atoms. The van der Waals surface area contributed by atoms with Gasteiger partial charge in [0.1, 0.15) is 11.5 Å². The van der Waals surface area contributed by atoms with Gasteiger partial charge in [-0.05, 0) is 24.6 Å². The quantitative estimate of drug-likeness (QED) is 0.455. The van der Waals surface area contributed by atoms with Gasteiger partial charge < -0.3 is 15.0 Å². The number of fused-ring (bicyclic) bond motifs is 1. The van der Waals surface area contributed by atoms with Crippen LogP contribution in [0.15, 0.2) is 30.6 Å². The van der Waals surface area contributed by atoms with E-state index in [1.54, 1.807) is 19.2 Å². The molecule has 1 aliphatic rings. The number of aromatic amines is 1. The van der Waals surface area contributed by atoms with Gasteiger partial charge in [-0.2, -0.15) is 0 Å². The second kappa shape index (κ2) is 8.23. The number of ether oxygens (including phenoxy) is 1. The molecule has 0 aliphatic carbocycles. The number of hydrogen-bond acceptors (Lipinski definition) is 6. The lowest BCUT2D eigenvalue weighted by Crippen LogP contribution is -2.40. The Balaban J connectivity index is 1.71. The van der Waals surface area contributed by atoms with Crippen molar-refractivity contribution in [3.63, 3.8) is 0 Å². The van der Waals surface area contributed by atoms with Gasteiger partial charge >= 0.3 is 0 Å². The molecular weight excluding hydrogens is 430 g/mol. The van der Waals surface area contributed by atoms with Crippen LogP contribution in [0.1, 0.15) is 29.3 Å². The summed E-state index contributed by atoms with van der Waals surface area (Å²) in [5, 5.41) is 3.58. The van der Waals surface area contributed by atoms with Crippen LogP contribution in [0.4, 0.5) is 20.2 Å². The highest BCUT2D eigenvalue weighted by molar-refractivity contribution is 7.92. The molecule has 0 radical (unpaired) electrons. The zero-order valence-corrected chi connectivity index (χ0v) is 17.4. The predicted molar refractivity (Wildman–Crippen MR) is 112 cm³/mol. The molecule has 3 N–H and O–H groups in total. The number of hydrogen-bond donors (Lipinski definition) is 3. The highest BCUT2D eigenvalue weighted by atomic mass is 32.2. The van der Waals surface area contributed by atoms with Gasteiger partial charge in [0, 0.05) is 17.1 Å². The number of aromatic nitrogens is 2. The lowest BCUT2D eigenvalue weighted by atomic mass is 10.0. The van der Waals surface area contributed by atoms with E-state index in [1.165, 1.54) is 6.20 Å². The third kappa shape index (κ3) is 4.23. The maximum Gasteiger partial charge on any atom is 0.232 e. The second-order valence-corrected chi connectivity index (χ2v) is 9.08. The Morgan fingerprint density at radius 3 is 2.77 bits per heavy atom. The predicted octanol–water partition coefficient (Wildman–Crippen LogP) is 3.03. The Morgan fingerprint density at radius 2 is 2.10 bits per heavy atom. The third-order valence-electron chi connectivity index (χ3n) is 4.84. The van der Waals surface area contributed by atoms with Gasteiger partial charge in [-0.1, -0.05) is 6.92 Å². The molecule has 0 saturated carbocycles. The summed E-state index contributed by atoms with van der Waals surface area (Å²) in [4.78, 5) is 20.1. The van der Waals surface area contributed by atoms with Gasteiger partial charge in [-0.3, -0.25) is 9.52 Å². The van der Waals surface area contributed by atoms with Crippen LogP contribution in [0.3, 0.4) is 0 Å². The molecule has 4 rings (SSSR count). The maximum atomic E-state index is 15.0. The minimum absolute atomic E-state index is 0.0161. The number of nitrogens with one attached hydrogen (secondary N) is 3. The number of pyridine rings is 1. The van der Waals surface area contributed by atoms with Crippen LogP contribution in [-0.4, -0.2) is 49.2 Å². The summed E-state index contributed by atoms with van der Waals surface area (Å²) in [7, 11) is -3.82. The molecule has 3 heterocycles. The fourth-order valence-electron chi connectivity index (χ4n) is 3.29. The van der Waals surface area contributed by atoms with Crippen molar-refractivity contribution in [2.75, 3.05) is 29.0 Å². The normalized spacial score (nSPS) is 14.4. The largest absolute Gasteiger partial charge is 0.377 e. The second-order valence-electron chi connectivity index (χ2n) is 7.24. The summed E-state index contributed by atoms with van der Waals surface area (Å²) >= 11 is 0. The molecule has 0 bridgehead atoms. The fraction of sp³-hybridized carbons (Fsp3) is 0.300. The monoisotopic (exact) mass is 450 g/mol. The van der Waals surface area contributed by atoms with E-state index in [9.17, 15) is 17.6 Å². The highest BCUT2D eigenvalue weighted by Crippen LogP contribution is 2.28. The molecule has 11 heteroatoms. The van der Waals surface area contributed by atoms with Gasteiger partial charge in [-0.25, -0.2) is 22.2 Å². The number of anilines is 2. The Hall–Kier alpha value is -3.05. The first-order valence-electron chi connectivity index (χ1n) is 9.63. The van der Waals surface area contributed by atoms with Crippen molar-refractivity contribution in [3.8, 4) is 0 Å². The Labute approximate surface area is 177 Å². The number of benzene rings is 1. The molecule has 1 aliphatic heterocycles. The summed E-state index contributed by atoms with van der Waals surface area (Å²) in [6.45, 7) is 2.75. The lowest BCUT2D eigenvalue weighted by molar-refractivity contribution is 0.0211. The number of carbonyl (C=O) groups excluding carboxylic acids is 1. The molecule has 164 valence electrons. The number of nitrogens with zero attached hydrogens (tertiary/aromatic N) is 1. The smallest absolute Gasteiger partial charge is 0.232 e. The van der Waals surface area contributed by atoms with Crippen LogP contribution >= 0.6 is 0 Å².